The second-order valence-corrected chi connectivity index (χ2v) is 5.26. The average Bonchev–Trinajstić information content (AvgIpc) is 2.86. The Balaban J connectivity index is 1.55. The number of fused-ring (bicyclic) bond motifs is 1. The van der Waals surface area contributed by atoms with Gasteiger partial charge >= 0.3 is 0 Å². The molecule has 0 saturated heterocycles. The normalized spacial score (nSPS) is 10.8. The Kier molecular flexibility index (Phi) is 3.78. The lowest BCUT2D eigenvalue weighted by atomic mass is 10.3. The summed E-state index contributed by atoms with van der Waals surface area (Å²) in [5.74, 6) is 1.65. The number of oxazole rings is 1. The number of nitrogens with zero attached hydrogens (tertiary/aromatic N) is 1. The smallest absolute Gasteiger partial charge is 0.256 e. The Morgan fingerprint density at radius 1 is 1.15 bits per heavy atom. The number of thioether (sulfide) groups is 1. The third-order valence-electron chi connectivity index (χ3n) is 2.71. The van der Waals surface area contributed by atoms with Crippen molar-refractivity contribution < 1.29 is 9.15 Å². The van der Waals surface area contributed by atoms with Crippen LogP contribution in [-0.4, -0.2) is 17.3 Å². The van der Waals surface area contributed by atoms with Crippen LogP contribution in [0.1, 0.15) is 0 Å². The summed E-state index contributed by atoms with van der Waals surface area (Å²) in [7, 11) is 0. The van der Waals surface area contributed by atoms with Gasteiger partial charge in [0, 0.05) is 17.5 Å². The number of nitrogens with two attached hydrogens (primary N) is 1. The second-order valence-electron chi connectivity index (χ2n) is 4.22. The van der Waals surface area contributed by atoms with E-state index in [-0.39, 0.29) is 0 Å². The first-order valence-corrected chi connectivity index (χ1v) is 7.26. The van der Waals surface area contributed by atoms with Gasteiger partial charge in [-0.25, -0.2) is 4.98 Å². The molecule has 20 heavy (non-hydrogen) atoms. The van der Waals surface area contributed by atoms with Crippen LogP contribution in [0.25, 0.3) is 11.1 Å². The fourth-order valence-corrected chi connectivity index (χ4v) is 2.44. The van der Waals surface area contributed by atoms with Gasteiger partial charge in [-0.1, -0.05) is 30.0 Å². The first-order chi connectivity index (χ1) is 9.81. The number of aromatic nitrogens is 1. The number of hydrogen-bond donors (Lipinski definition) is 1. The third-order valence-corrected chi connectivity index (χ3v) is 3.51. The minimum absolute atomic E-state index is 0.607. The molecule has 0 aliphatic rings. The van der Waals surface area contributed by atoms with Crippen molar-refractivity contribution in [2.45, 2.75) is 5.22 Å². The van der Waals surface area contributed by atoms with Gasteiger partial charge in [-0.15, -0.1) is 0 Å². The highest BCUT2D eigenvalue weighted by molar-refractivity contribution is 7.99. The lowest BCUT2D eigenvalue weighted by Gasteiger charge is -2.03. The van der Waals surface area contributed by atoms with E-state index >= 15 is 0 Å². The van der Waals surface area contributed by atoms with E-state index in [1.165, 1.54) is 11.8 Å². The van der Waals surface area contributed by atoms with Crippen molar-refractivity contribution in [1.29, 1.82) is 0 Å². The molecule has 1 heterocycles. The molecule has 102 valence electrons. The van der Waals surface area contributed by atoms with Crippen molar-refractivity contribution in [3.05, 3.63) is 48.5 Å². The van der Waals surface area contributed by atoms with E-state index in [2.05, 4.69) is 4.98 Å². The molecule has 2 aromatic carbocycles. The summed E-state index contributed by atoms with van der Waals surface area (Å²) in [5, 5.41) is 0.641. The van der Waals surface area contributed by atoms with Crippen LogP contribution in [0.5, 0.6) is 5.75 Å². The molecule has 5 heteroatoms. The van der Waals surface area contributed by atoms with Gasteiger partial charge in [0.05, 0.1) is 6.61 Å². The molecular weight excluding hydrogens is 272 g/mol. The first kappa shape index (κ1) is 12.9. The molecule has 0 spiro atoms. The van der Waals surface area contributed by atoms with Crippen LogP contribution in [0.2, 0.25) is 0 Å². The van der Waals surface area contributed by atoms with Gasteiger partial charge in [-0.2, -0.15) is 0 Å². The van der Waals surface area contributed by atoms with Crippen molar-refractivity contribution in [2.75, 3.05) is 18.1 Å². The van der Waals surface area contributed by atoms with Crippen LogP contribution in [0.4, 0.5) is 5.69 Å². The molecule has 0 unspecified atom stereocenters. The van der Waals surface area contributed by atoms with E-state index in [1.807, 2.05) is 42.5 Å². The van der Waals surface area contributed by atoms with Crippen LogP contribution < -0.4 is 10.5 Å². The number of ether oxygens (including phenoxy) is 1. The van der Waals surface area contributed by atoms with Crippen molar-refractivity contribution in [3.8, 4) is 5.75 Å². The van der Waals surface area contributed by atoms with Crippen LogP contribution in [0, 0.1) is 0 Å². The molecule has 4 nitrogen and oxygen atoms in total. The van der Waals surface area contributed by atoms with Crippen molar-refractivity contribution in [2.24, 2.45) is 0 Å². The van der Waals surface area contributed by atoms with Gasteiger partial charge in [-0.3, -0.25) is 0 Å². The van der Waals surface area contributed by atoms with Crippen molar-refractivity contribution >= 4 is 28.5 Å². The maximum atomic E-state index is 5.70. The molecule has 0 fully saturated rings. The maximum absolute atomic E-state index is 5.70. The largest absolute Gasteiger partial charge is 0.493 e. The summed E-state index contributed by atoms with van der Waals surface area (Å²) in [4.78, 5) is 4.38. The molecule has 0 aliphatic heterocycles. The second kappa shape index (κ2) is 5.88. The fraction of sp³-hybridized carbons (Fsp3) is 0.133. The standard InChI is InChI=1S/C15H14N2O2S/c16-11-6-7-13-14(10-11)19-15(17-13)20-9-8-18-12-4-2-1-3-5-12/h1-7,10H,8-9,16H2. The molecule has 3 rings (SSSR count). The Bertz CT molecular complexity index is 697. The lowest BCUT2D eigenvalue weighted by Crippen LogP contribution is -1.99. The van der Waals surface area contributed by atoms with Gasteiger partial charge in [0.1, 0.15) is 11.3 Å². The minimum atomic E-state index is 0.607. The zero-order valence-electron chi connectivity index (χ0n) is 10.8. The predicted molar refractivity (Wildman–Crippen MR) is 81.1 cm³/mol. The fourth-order valence-electron chi connectivity index (χ4n) is 1.79. The zero-order valence-corrected chi connectivity index (χ0v) is 11.6. The van der Waals surface area contributed by atoms with E-state index in [9.17, 15) is 0 Å². The van der Waals surface area contributed by atoms with Crippen LogP contribution in [-0.2, 0) is 0 Å². The van der Waals surface area contributed by atoms with E-state index in [0.717, 1.165) is 22.6 Å². The first-order valence-electron chi connectivity index (χ1n) is 6.28. The topological polar surface area (TPSA) is 61.3 Å². The Hall–Kier alpha value is -2.14. The van der Waals surface area contributed by atoms with Gasteiger partial charge < -0.3 is 14.9 Å². The number of benzene rings is 2. The molecule has 0 aliphatic carbocycles. The van der Waals surface area contributed by atoms with Crippen LogP contribution >= 0.6 is 11.8 Å². The highest BCUT2D eigenvalue weighted by Crippen LogP contribution is 2.24. The Morgan fingerprint density at radius 3 is 2.85 bits per heavy atom. The minimum Gasteiger partial charge on any atom is -0.493 e. The van der Waals surface area contributed by atoms with Crippen molar-refractivity contribution in [1.82, 2.24) is 4.98 Å². The molecule has 2 N–H and O–H groups in total. The van der Waals surface area contributed by atoms with Gasteiger partial charge in [0.25, 0.3) is 5.22 Å². The van der Waals surface area contributed by atoms with Gasteiger partial charge in [-0.05, 0) is 24.3 Å². The maximum Gasteiger partial charge on any atom is 0.256 e. The highest BCUT2D eigenvalue weighted by Gasteiger charge is 2.06. The molecule has 0 bridgehead atoms. The van der Waals surface area contributed by atoms with E-state index in [0.29, 0.717) is 17.5 Å². The molecule has 1 aromatic heterocycles. The number of nitrogen functional groups attached to an aromatic ring is 1. The van der Waals surface area contributed by atoms with Crippen molar-refractivity contribution in [3.63, 3.8) is 0 Å². The zero-order chi connectivity index (χ0) is 13.8. The molecule has 0 radical (unpaired) electrons. The summed E-state index contributed by atoms with van der Waals surface area (Å²) in [6, 6.07) is 15.2. The quantitative estimate of drug-likeness (QED) is 0.441. The lowest BCUT2D eigenvalue weighted by molar-refractivity contribution is 0.343. The monoisotopic (exact) mass is 286 g/mol. The molecular formula is C15H14N2O2S. The molecule has 0 saturated carbocycles. The molecule has 0 atom stereocenters. The SMILES string of the molecule is Nc1ccc2nc(SCCOc3ccccc3)oc2c1. The predicted octanol–water partition coefficient (Wildman–Crippen LogP) is 3.58. The third kappa shape index (κ3) is 3.05. The van der Waals surface area contributed by atoms with Gasteiger partial charge in [0.2, 0.25) is 0 Å². The summed E-state index contributed by atoms with van der Waals surface area (Å²) in [5.41, 5.74) is 7.93. The number of rotatable bonds is 5. The van der Waals surface area contributed by atoms with E-state index < -0.39 is 0 Å². The number of hydrogen-bond acceptors (Lipinski definition) is 5. The number of para-hydroxylation sites is 1. The average molecular weight is 286 g/mol. The molecule has 3 aromatic rings. The highest BCUT2D eigenvalue weighted by atomic mass is 32.2. The summed E-state index contributed by atoms with van der Waals surface area (Å²) in [6.45, 7) is 0.607. The van der Waals surface area contributed by atoms with Crippen LogP contribution in [0.15, 0.2) is 58.2 Å². The van der Waals surface area contributed by atoms with E-state index in [4.69, 9.17) is 14.9 Å². The Labute approximate surface area is 120 Å². The summed E-state index contributed by atoms with van der Waals surface area (Å²) < 4.78 is 11.2. The Morgan fingerprint density at radius 2 is 2.00 bits per heavy atom. The summed E-state index contributed by atoms with van der Waals surface area (Å²) in [6.07, 6.45) is 0. The van der Waals surface area contributed by atoms with Gasteiger partial charge in [0.15, 0.2) is 5.58 Å². The summed E-state index contributed by atoms with van der Waals surface area (Å²) >= 11 is 1.53. The van der Waals surface area contributed by atoms with E-state index in [1.54, 1.807) is 6.07 Å². The van der Waals surface area contributed by atoms with Crippen LogP contribution in [0.3, 0.4) is 0 Å². The molecule has 0 amide bonds. The number of anilines is 1.